The fraction of sp³-hybridized carbons (Fsp3) is 0.800. The highest BCUT2D eigenvalue weighted by Gasteiger charge is 2.22. The zero-order valence-electron chi connectivity index (χ0n) is 8.82. The molecule has 1 aliphatic heterocycles. The molecule has 1 aromatic heterocycles. The molecule has 5 heteroatoms. The Morgan fingerprint density at radius 1 is 1.40 bits per heavy atom. The van der Waals surface area contributed by atoms with Crippen LogP contribution in [-0.4, -0.2) is 23.3 Å². The first-order valence-corrected chi connectivity index (χ1v) is 5.54. The van der Waals surface area contributed by atoms with Crippen LogP contribution >= 0.6 is 0 Å². The lowest BCUT2D eigenvalue weighted by atomic mass is 10.2. The monoisotopic (exact) mass is 211 g/mol. The van der Waals surface area contributed by atoms with E-state index in [-0.39, 0.29) is 6.10 Å². The highest BCUT2D eigenvalue weighted by molar-refractivity contribution is 4.93. The molecule has 2 N–H and O–H groups in total. The van der Waals surface area contributed by atoms with Gasteiger partial charge in [0.1, 0.15) is 6.10 Å². The van der Waals surface area contributed by atoms with Gasteiger partial charge in [0.15, 0.2) is 0 Å². The fourth-order valence-electron chi connectivity index (χ4n) is 1.70. The number of nitrogens with zero attached hydrogens (tertiary/aromatic N) is 2. The van der Waals surface area contributed by atoms with E-state index in [2.05, 4.69) is 10.1 Å². The van der Waals surface area contributed by atoms with Gasteiger partial charge < -0.3 is 15.0 Å². The Labute approximate surface area is 89.0 Å². The summed E-state index contributed by atoms with van der Waals surface area (Å²) in [4.78, 5) is 4.32. The highest BCUT2D eigenvalue weighted by atomic mass is 16.5. The van der Waals surface area contributed by atoms with Crippen LogP contribution in [0.15, 0.2) is 4.52 Å². The number of ether oxygens (including phenoxy) is 1. The Bertz CT molecular complexity index is 295. The summed E-state index contributed by atoms with van der Waals surface area (Å²) in [5, 5.41) is 3.93. The quantitative estimate of drug-likeness (QED) is 0.741. The molecule has 0 amide bonds. The van der Waals surface area contributed by atoms with Crippen LogP contribution in [-0.2, 0) is 11.2 Å². The van der Waals surface area contributed by atoms with Crippen molar-refractivity contribution in [1.82, 2.24) is 10.1 Å². The normalized spacial score (nSPS) is 21.0. The topological polar surface area (TPSA) is 74.2 Å². The first-order valence-electron chi connectivity index (χ1n) is 5.54. The van der Waals surface area contributed by atoms with Crippen LogP contribution in [0.25, 0.3) is 0 Å². The maximum atomic E-state index is 5.47. The number of nitrogens with two attached hydrogens (primary N) is 1. The number of hydrogen-bond donors (Lipinski definition) is 1. The van der Waals surface area contributed by atoms with E-state index in [0.29, 0.717) is 18.3 Å². The van der Waals surface area contributed by atoms with Crippen LogP contribution in [0.1, 0.15) is 43.5 Å². The Kier molecular flexibility index (Phi) is 3.69. The van der Waals surface area contributed by atoms with Crippen molar-refractivity contribution in [2.75, 3.05) is 13.2 Å². The van der Waals surface area contributed by atoms with Gasteiger partial charge >= 0.3 is 0 Å². The third-order valence-electron chi connectivity index (χ3n) is 2.55. The van der Waals surface area contributed by atoms with Gasteiger partial charge in [-0.2, -0.15) is 4.98 Å². The van der Waals surface area contributed by atoms with Crippen LogP contribution < -0.4 is 5.73 Å². The Hall–Kier alpha value is -0.940. The standard InChI is InChI=1S/C10H17N3O2/c11-6-2-1-5-9-12-10(13-15-9)8-4-3-7-14-8/h8H,1-7,11H2. The molecule has 0 aromatic carbocycles. The third kappa shape index (κ3) is 2.76. The molecule has 1 aromatic rings. The SMILES string of the molecule is NCCCCc1nc(C2CCCO2)no1. The number of aromatic nitrogens is 2. The van der Waals surface area contributed by atoms with Crippen molar-refractivity contribution in [3.8, 4) is 0 Å². The van der Waals surface area contributed by atoms with Gasteiger partial charge in [0, 0.05) is 13.0 Å². The molecule has 84 valence electrons. The second-order valence-corrected chi connectivity index (χ2v) is 3.79. The second kappa shape index (κ2) is 5.23. The molecule has 5 nitrogen and oxygen atoms in total. The maximum Gasteiger partial charge on any atom is 0.226 e. The van der Waals surface area contributed by atoms with Gasteiger partial charge in [-0.25, -0.2) is 0 Å². The van der Waals surface area contributed by atoms with E-state index in [0.717, 1.165) is 38.7 Å². The van der Waals surface area contributed by atoms with Crippen molar-refractivity contribution in [3.05, 3.63) is 11.7 Å². The van der Waals surface area contributed by atoms with Gasteiger partial charge in [0.05, 0.1) is 0 Å². The molecule has 0 radical (unpaired) electrons. The van der Waals surface area contributed by atoms with E-state index >= 15 is 0 Å². The largest absolute Gasteiger partial charge is 0.370 e. The summed E-state index contributed by atoms with van der Waals surface area (Å²) in [6, 6.07) is 0. The average Bonchev–Trinajstić information content (AvgIpc) is 2.87. The van der Waals surface area contributed by atoms with E-state index in [1.165, 1.54) is 0 Å². The van der Waals surface area contributed by atoms with Crippen LogP contribution in [0.3, 0.4) is 0 Å². The van der Waals surface area contributed by atoms with E-state index in [1.807, 2.05) is 0 Å². The lowest BCUT2D eigenvalue weighted by Crippen LogP contribution is -2.00. The molecular formula is C10H17N3O2. The van der Waals surface area contributed by atoms with Crippen LogP contribution in [0, 0.1) is 0 Å². The third-order valence-corrected chi connectivity index (χ3v) is 2.55. The van der Waals surface area contributed by atoms with Gasteiger partial charge in [0.2, 0.25) is 11.7 Å². The number of rotatable bonds is 5. The molecule has 1 aliphatic rings. The van der Waals surface area contributed by atoms with Crippen LogP contribution in [0.5, 0.6) is 0 Å². The van der Waals surface area contributed by atoms with Crippen molar-refractivity contribution in [2.24, 2.45) is 5.73 Å². The zero-order chi connectivity index (χ0) is 10.5. The molecule has 0 bridgehead atoms. The first kappa shape index (κ1) is 10.6. The number of hydrogen-bond acceptors (Lipinski definition) is 5. The van der Waals surface area contributed by atoms with Crippen LogP contribution in [0.4, 0.5) is 0 Å². The summed E-state index contributed by atoms with van der Waals surface area (Å²) in [6.45, 7) is 1.52. The van der Waals surface area contributed by atoms with E-state index in [1.54, 1.807) is 0 Å². The number of aryl methyl sites for hydroxylation is 1. The molecule has 0 aliphatic carbocycles. The summed E-state index contributed by atoms with van der Waals surface area (Å²) in [6.07, 6.45) is 4.96. The van der Waals surface area contributed by atoms with Crippen LogP contribution in [0.2, 0.25) is 0 Å². The maximum absolute atomic E-state index is 5.47. The van der Waals surface area contributed by atoms with Crippen molar-refractivity contribution < 1.29 is 9.26 Å². The average molecular weight is 211 g/mol. The summed E-state index contributed by atoms with van der Waals surface area (Å²) >= 11 is 0. The molecule has 0 spiro atoms. The smallest absolute Gasteiger partial charge is 0.226 e. The molecular weight excluding hydrogens is 194 g/mol. The fourth-order valence-corrected chi connectivity index (χ4v) is 1.70. The minimum absolute atomic E-state index is 0.0528. The summed E-state index contributed by atoms with van der Waals surface area (Å²) in [7, 11) is 0. The second-order valence-electron chi connectivity index (χ2n) is 3.79. The van der Waals surface area contributed by atoms with Crippen molar-refractivity contribution in [3.63, 3.8) is 0 Å². The predicted molar refractivity (Wildman–Crippen MR) is 54.2 cm³/mol. The molecule has 15 heavy (non-hydrogen) atoms. The molecule has 1 fully saturated rings. The molecule has 1 unspecified atom stereocenters. The Morgan fingerprint density at radius 3 is 3.07 bits per heavy atom. The van der Waals surface area contributed by atoms with E-state index in [9.17, 15) is 0 Å². The Balaban J connectivity index is 1.86. The summed E-state index contributed by atoms with van der Waals surface area (Å²) in [5.41, 5.74) is 5.41. The van der Waals surface area contributed by atoms with Gasteiger partial charge in [0.25, 0.3) is 0 Å². The van der Waals surface area contributed by atoms with Gasteiger partial charge in [-0.1, -0.05) is 5.16 Å². The molecule has 1 saturated heterocycles. The van der Waals surface area contributed by atoms with Gasteiger partial charge in [-0.05, 0) is 32.2 Å². The minimum atomic E-state index is 0.0528. The number of unbranched alkanes of at least 4 members (excludes halogenated alkanes) is 1. The molecule has 2 heterocycles. The first-order chi connectivity index (χ1) is 7.40. The highest BCUT2D eigenvalue weighted by Crippen LogP contribution is 2.26. The van der Waals surface area contributed by atoms with Crippen molar-refractivity contribution in [1.29, 1.82) is 0 Å². The van der Waals surface area contributed by atoms with Gasteiger partial charge in [-0.3, -0.25) is 0 Å². The molecule has 0 saturated carbocycles. The lowest BCUT2D eigenvalue weighted by Gasteiger charge is -2.00. The summed E-state index contributed by atoms with van der Waals surface area (Å²) in [5.74, 6) is 1.41. The molecule has 2 rings (SSSR count). The minimum Gasteiger partial charge on any atom is -0.370 e. The van der Waals surface area contributed by atoms with E-state index in [4.69, 9.17) is 15.0 Å². The van der Waals surface area contributed by atoms with Crippen molar-refractivity contribution >= 4 is 0 Å². The lowest BCUT2D eigenvalue weighted by molar-refractivity contribution is 0.103. The van der Waals surface area contributed by atoms with Crippen molar-refractivity contribution in [2.45, 2.75) is 38.2 Å². The van der Waals surface area contributed by atoms with E-state index < -0.39 is 0 Å². The van der Waals surface area contributed by atoms with Gasteiger partial charge in [-0.15, -0.1) is 0 Å². The predicted octanol–water partition coefficient (Wildman–Crippen LogP) is 1.20. The molecule has 1 atom stereocenters. The zero-order valence-corrected chi connectivity index (χ0v) is 8.82. The Morgan fingerprint density at radius 2 is 2.33 bits per heavy atom. The summed E-state index contributed by atoms with van der Waals surface area (Å²) < 4.78 is 10.6.